The van der Waals surface area contributed by atoms with Crippen LogP contribution in [0.1, 0.15) is 62.3 Å². The van der Waals surface area contributed by atoms with Crippen LogP contribution in [0.4, 0.5) is 5.69 Å². The van der Waals surface area contributed by atoms with Gasteiger partial charge in [0.25, 0.3) is 11.8 Å². The van der Waals surface area contributed by atoms with E-state index in [0.717, 1.165) is 0 Å². The number of anilines is 1. The molecule has 0 saturated heterocycles. The first-order valence-corrected chi connectivity index (χ1v) is 11.5. The standard InChI is InChI=1S/C27H23ClN2O4/c28-19-14-15-23(22(17-19)25(32)18-9-3-1-4-10-18)29-24(31)13-5-2-8-16-30-26(33)20-11-6-7-12-21(20)27(30)34/h1,3-4,6-7,9-12,14-15,17H,2,5,8,13,16H2,(H,29,31). The van der Waals surface area contributed by atoms with Crippen molar-refractivity contribution in [3.8, 4) is 0 Å². The molecule has 7 heteroatoms. The second kappa shape index (κ2) is 10.4. The molecule has 1 aliphatic heterocycles. The van der Waals surface area contributed by atoms with E-state index < -0.39 is 0 Å². The number of hydrogen-bond acceptors (Lipinski definition) is 4. The van der Waals surface area contributed by atoms with Crippen LogP contribution >= 0.6 is 11.6 Å². The first-order chi connectivity index (χ1) is 16.5. The summed E-state index contributed by atoms with van der Waals surface area (Å²) in [6.07, 6.45) is 2.13. The average Bonchev–Trinajstić information content (AvgIpc) is 3.10. The van der Waals surface area contributed by atoms with Crippen LogP contribution in [-0.4, -0.2) is 34.9 Å². The number of benzene rings is 3. The van der Waals surface area contributed by atoms with Crippen LogP contribution in [-0.2, 0) is 4.79 Å². The molecule has 0 atom stereocenters. The van der Waals surface area contributed by atoms with E-state index in [2.05, 4.69) is 5.32 Å². The Labute approximate surface area is 202 Å². The van der Waals surface area contributed by atoms with Crippen molar-refractivity contribution < 1.29 is 19.2 Å². The number of nitrogens with zero attached hydrogens (tertiary/aromatic N) is 1. The van der Waals surface area contributed by atoms with Gasteiger partial charge in [0.15, 0.2) is 5.78 Å². The number of nitrogens with one attached hydrogen (secondary N) is 1. The predicted octanol–water partition coefficient (Wildman–Crippen LogP) is 5.37. The third-order valence-electron chi connectivity index (χ3n) is 5.70. The number of rotatable bonds is 9. The Kier molecular flexibility index (Phi) is 7.18. The van der Waals surface area contributed by atoms with Gasteiger partial charge in [0.1, 0.15) is 0 Å². The summed E-state index contributed by atoms with van der Waals surface area (Å²) in [4.78, 5) is 51.5. The van der Waals surface area contributed by atoms with E-state index in [9.17, 15) is 19.2 Å². The second-order valence-corrected chi connectivity index (χ2v) is 8.49. The number of hydrogen-bond donors (Lipinski definition) is 1. The topological polar surface area (TPSA) is 83.6 Å². The van der Waals surface area contributed by atoms with Crippen molar-refractivity contribution >= 4 is 40.8 Å². The van der Waals surface area contributed by atoms with Crippen LogP contribution in [0.25, 0.3) is 0 Å². The molecule has 0 unspecified atom stereocenters. The molecule has 3 aromatic rings. The minimum Gasteiger partial charge on any atom is -0.325 e. The molecule has 0 fully saturated rings. The maximum atomic E-state index is 12.9. The van der Waals surface area contributed by atoms with Gasteiger partial charge < -0.3 is 5.32 Å². The van der Waals surface area contributed by atoms with E-state index in [4.69, 9.17) is 11.6 Å². The Morgan fingerprint density at radius 3 is 2.12 bits per heavy atom. The van der Waals surface area contributed by atoms with Crippen LogP contribution in [0.5, 0.6) is 0 Å². The molecule has 34 heavy (non-hydrogen) atoms. The largest absolute Gasteiger partial charge is 0.325 e. The fourth-order valence-corrected chi connectivity index (χ4v) is 4.12. The van der Waals surface area contributed by atoms with Gasteiger partial charge in [0.05, 0.1) is 16.8 Å². The number of fused-ring (bicyclic) bond motifs is 1. The minimum absolute atomic E-state index is 0.217. The highest BCUT2D eigenvalue weighted by Crippen LogP contribution is 2.25. The van der Waals surface area contributed by atoms with Crippen molar-refractivity contribution in [3.05, 3.63) is 100 Å². The van der Waals surface area contributed by atoms with Crippen molar-refractivity contribution in [2.75, 3.05) is 11.9 Å². The summed E-state index contributed by atoms with van der Waals surface area (Å²) in [6, 6.07) is 20.4. The Morgan fingerprint density at radius 1 is 0.794 bits per heavy atom. The molecular formula is C27H23ClN2O4. The summed E-state index contributed by atoms with van der Waals surface area (Å²) in [5.74, 6) is -0.974. The maximum absolute atomic E-state index is 12.9. The lowest BCUT2D eigenvalue weighted by atomic mass is 10.0. The van der Waals surface area contributed by atoms with Crippen molar-refractivity contribution in [1.82, 2.24) is 4.90 Å². The van der Waals surface area contributed by atoms with Crippen LogP contribution in [0.15, 0.2) is 72.8 Å². The molecule has 6 nitrogen and oxygen atoms in total. The highest BCUT2D eigenvalue weighted by atomic mass is 35.5. The molecule has 0 bridgehead atoms. The first kappa shape index (κ1) is 23.4. The number of imide groups is 1. The number of amides is 3. The molecule has 0 saturated carbocycles. The average molecular weight is 475 g/mol. The van der Waals surface area contributed by atoms with Gasteiger partial charge in [0.2, 0.25) is 5.91 Å². The summed E-state index contributed by atoms with van der Waals surface area (Å²) >= 11 is 6.09. The Bertz CT molecular complexity index is 1220. The fourth-order valence-electron chi connectivity index (χ4n) is 3.95. The quantitative estimate of drug-likeness (QED) is 0.257. The lowest BCUT2D eigenvalue weighted by Gasteiger charge is -2.13. The molecule has 0 aliphatic carbocycles. The van der Waals surface area contributed by atoms with Gasteiger partial charge in [0, 0.05) is 29.1 Å². The molecule has 3 amide bonds. The Balaban J connectivity index is 1.28. The van der Waals surface area contributed by atoms with Crippen molar-refractivity contribution in [3.63, 3.8) is 0 Å². The number of ketones is 1. The molecular weight excluding hydrogens is 452 g/mol. The molecule has 1 N–H and O–H groups in total. The van der Waals surface area contributed by atoms with Gasteiger partial charge >= 0.3 is 0 Å². The molecule has 3 aromatic carbocycles. The second-order valence-electron chi connectivity index (χ2n) is 8.05. The van der Waals surface area contributed by atoms with Gasteiger partial charge in [-0.15, -0.1) is 0 Å². The fraction of sp³-hybridized carbons (Fsp3) is 0.185. The smallest absolute Gasteiger partial charge is 0.261 e. The van der Waals surface area contributed by atoms with E-state index in [1.54, 1.807) is 66.7 Å². The summed E-state index contributed by atoms with van der Waals surface area (Å²) in [5, 5.41) is 3.22. The molecule has 1 aliphatic rings. The lowest BCUT2D eigenvalue weighted by Crippen LogP contribution is -2.30. The first-order valence-electron chi connectivity index (χ1n) is 11.1. The summed E-state index contributed by atoms with van der Waals surface area (Å²) in [7, 11) is 0. The zero-order valence-corrected chi connectivity index (χ0v) is 19.2. The molecule has 0 radical (unpaired) electrons. The molecule has 4 rings (SSSR count). The number of unbranched alkanes of at least 4 members (excludes halogenated alkanes) is 2. The highest BCUT2D eigenvalue weighted by molar-refractivity contribution is 6.31. The lowest BCUT2D eigenvalue weighted by molar-refractivity contribution is -0.116. The summed E-state index contributed by atoms with van der Waals surface area (Å²) in [5.41, 5.74) is 2.13. The predicted molar refractivity (Wildman–Crippen MR) is 130 cm³/mol. The maximum Gasteiger partial charge on any atom is 0.261 e. The van der Waals surface area contributed by atoms with Gasteiger partial charge in [-0.2, -0.15) is 0 Å². The van der Waals surface area contributed by atoms with E-state index in [0.29, 0.717) is 58.8 Å². The van der Waals surface area contributed by atoms with E-state index >= 15 is 0 Å². The monoisotopic (exact) mass is 474 g/mol. The molecule has 0 aromatic heterocycles. The van der Waals surface area contributed by atoms with Gasteiger partial charge in [-0.3, -0.25) is 24.1 Å². The Hall–Kier alpha value is -3.77. The van der Waals surface area contributed by atoms with E-state index in [1.165, 1.54) is 4.90 Å². The van der Waals surface area contributed by atoms with Gasteiger partial charge in [-0.1, -0.05) is 60.5 Å². The zero-order valence-electron chi connectivity index (χ0n) is 18.4. The third-order valence-corrected chi connectivity index (χ3v) is 5.94. The van der Waals surface area contributed by atoms with Crippen LogP contribution < -0.4 is 5.32 Å². The molecule has 172 valence electrons. The van der Waals surface area contributed by atoms with Crippen molar-refractivity contribution in [2.24, 2.45) is 0 Å². The van der Waals surface area contributed by atoms with Crippen molar-refractivity contribution in [1.29, 1.82) is 0 Å². The van der Waals surface area contributed by atoms with Crippen LogP contribution in [0.2, 0.25) is 5.02 Å². The van der Waals surface area contributed by atoms with Crippen LogP contribution in [0.3, 0.4) is 0 Å². The van der Waals surface area contributed by atoms with Crippen molar-refractivity contribution in [2.45, 2.75) is 25.7 Å². The summed E-state index contributed by atoms with van der Waals surface area (Å²) in [6.45, 7) is 0.320. The summed E-state index contributed by atoms with van der Waals surface area (Å²) < 4.78 is 0. The third kappa shape index (κ3) is 5.07. The number of carbonyl (C=O) groups is 4. The number of halogens is 1. The SMILES string of the molecule is O=C(CCCCCN1C(=O)c2ccccc2C1=O)Nc1ccc(Cl)cc1C(=O)c1ccccc1. The van der Waals surface area contributed by atoms with Gasteiger partial charge in [-0.05, 0) is 43.2 Å². The zero-order chi connectivity index (χ0) is 24.1. The minimum atomic E-state index is -0.267. The highest BCUT2D eigenvalue weighted by Gasteiger charge is 2.34. The normalized spacial score (nSPS) is 12.6. The van der Waals surface area contributed by atoms with E-state index in [-0.39, 0.29) is 29.9 Å². The van der Waals surface area contributed by atoms with Crippen LogP contribution in [0, 0.1) is 0 Å². The van der Waals surface area contributed by atoms with E-state index in [1.807, 2.05) is 6.07 Å². The number of carbonyl (C=O) groups excluding carboxylic acids is 4. The molecule has 1 heterocycles. The molecule has 0 spiro atoms. The van der Waals surface area contributed by atoms with Gasteiger partial charge in [-0.25, -0.2) is 0 Å². The Morgan fingerprint density at radius 2 is 1.44 bits per heavy atom.